The first-order valence-electron chi connectivity index (χ1n) is 9.03. The molecule has 0 heterocycles. The zero-order valence-corrected chi connectivity index (χ0v) is 17.2. The number of allylic oxidation sites excluding steroid dienone is 2. The van der Waals surface area contributed by atoms with Crippen LogP contribution >= 0.6 is 0 Å². The minimum Gasteiger partial charge on any atom is -0.448 e. The lowest BCUT2D eigenvalue weighted by atomic mass is 10.1. The topological polar surface area (TPSA) is 43.4 Å². The Morgan fingerprint density at radius 2 is 1.66 bits per heavy atom. The van der Waals surface area contributed by atoms with Gasteiger partial charge in [-0.2, -0.15) is 13.2 Å². The normalized spacial score (nSPS) is 14.6. The number of esters is 1. The summed E-state index contributed by atoms with van der Waals surface area (Å²) in [6.07, 6.45) is -5.95. The molecule has 0 spiro atoms. The van der Waals surface area contributed by atoms with Crippen molar-refractivity contribution >= 4 is 16.8 Å². The van der Waals surface area contributed by atoms with Crippen molar-refractivity contribution in [2.45, 2.75) is 49.6 Å². The molecule has 2 rings (SSSR count). The maximum atomic E-state index is 13.9. The van der Waals surface area contributed by atoms with Gasteiger partial charge in [0.15, 0.2) is 0 Å². The number of ether oxygens (including phenoxy) is 1. The zero-order chi connectivity index (χ0) is 21.6. The molecule has 0 saturated heterocycles. The Morgan fingerprint density at radius 3 is 2.17 bits per heavy atom. The molecule has 0 N–H and O–H groups in total. The quantitative estimate of drug-likeness (QED) is 0.428. The fourth-order valence-electron chi connectivity index (χ4n) is 2.63. The molecule has 0 unspecified atom stereocenters. The molecule has 0 bridgehead atoms. The van der Waals surface area contributed by atoms with E-state index in [-0.39, 0.29) is 16.9 Å². The van der Waals surface area contributed by atoms with Crippen molar-refractivity contribution in [3.63, 3.8) is 0 Å². The highest BCUT2D eigenvalue weighted by Crippen LogP contribution is 2.32. The number of rotatable bonds is 7. The van der Waals surface area contributed by atoms with Crippen molar-refractivity contribution in [2.24, 2.45) is 0 Å². The lowest BCUT2D eigenvalue weighted by Gasteiger charge is -2.28. The van der Waals surface area contributed by atoms with Crippen LogP contribution in [0.3, 0.4) is 0 Å². The number of carbonyl (C=O) groups is 1. The number of alkyl halides is 3. The van der Waals surface area contributed by atoms with Gasteiger partial charge < -0.3 is 4.74 Å². The second-order valence-corrected chi connectivity index (χ2v) is 8.57. The first-order valence-corrected chi connectivity index (χ1v) is 10.2. The molecule has 0 aliphatic carbocycles. The molecular formula is C22H23F3O3S. The monoisotopic (exact) mass is 424 g/mol. The molecule has 3 nitrogen and oxygen atoms in total. The van der Waals surface area contributed by atoms with Gasteiger partial charge in [-0.25, -0.2) is 4.79 Å². The van der Waals surface area contributed by atoms with Crippen LogP contribution in [0.25, 0.3) is 0 Å². The molecule has 0 amide bonds. The summed E-state index contributed by atoms with van der Waals surface area (Å²) in [7, 11) is -2.04. The van der Waals surface area contributed by atoms with E-state index >= 15 is 0 Å². The molecule has 0 fully saturated rings. The van der Waals surface area contributed by atoms with Gasteiger partial charge in [-0.15, -0.1) is 0 Å². The summed E-state index contributed by atoms with van der Waals surface area (Å²) >= 11 is 0. The second kappa shape index (κ2) is 9.87. The van der Waals surface area contributed by atoms with Crippen LogP contribution in [-0.2, 0) is 15.5 Å². The number of aryl methyl sites for hydroxylation is 1. The van der Waals surface area contributed by atoms with Gasteiger partial charge in [0.1, 0.15) is 0 Å². The van der Waals surface area contributed by atoms with Crippen molar-refractivity contribution in [1.29, 1.82) is 0 Å². The Hall–Kier alpha value is -2.41. The maximum absolute atomic E-state index is 13.9. The van der Waals surface area contributed by atoms with Crippen molar-refractivity contribution < 1.29 is 26.9 Å². The molecule has 156 valence electrons. The Kier molecular flexibility index (Phi) is 7.79. The highest BCUT2D eigenvalue weighted by Gasteiger charge is 2.50. The minimum absolute atomic E-state index is 0.00355. The van der Waals surface area contributed by atoms with Crippen LogP contribution in [0.1, 0.15) is 36.2 Å². The Morgan fingerprint density at radius 1 is 1.07 bits per heavy atom. The van der Waals surface area contributed by atoms with Crippen molar-refractivity contribution in [1.82, 2.24) is 0 Å². The first-order chi connectivity index (χ1) is 13.6. The SMILES string of the molecule is CC(C)=CC[C@@H]([C@H](OC(=O)c1ccccc1)C(F)(F)F)[S@@](=O)c1ccc(C)cc1. The van der Waals surface area contributed by atoms with E-state index in [0.29, 0.717) is 0 Å². The van der Waals surface area contributed by atoms with Gasteiger partial charge in [-0.1, -0.05) is 47.5 Å². The summed E-state index contributed by atoms with van der Waals surface area (Å²) in [6.45, 7) is 5.31. The summed E-state index contributed by atoms with van der Waals surface area (Å²) in [5, 5.41) is -1.47. The summed E-state index contributed by atoms with van der Waals surface area (Å²) < 4.78 is 59.6. The fraction of sp³-hybridized carbons (Fsp3) is 0.318. The van der Waals surface area contributed by atoms with Crippen LogP contribution in [0.2, 0.25) is 0 Å². The zero-order valence-electron chi connectivity index (χ0n) is 16.4. The summed E-state index contributed by atoms with van der Waals surface area (Å²) in [5.74, 6) is -1.10. The first kappa shape index (κ1) is 22.9. The van der Waals surface area contributed by atoms with E-state index in [4.69, 9.17) is 4.74 Å². The smallest absolute Gasteiger partial charge is 0.426 e. The standard InChI is InChI=1S/C22H23F3O3S/c1-15(2)9-14-19(29(27)18-12-10-16(3)11-13-18)20(22(23,24)25)28-21(26)17-7-5-4-6-8-17/h4-13,19-20H,14H2,1-3H3/t19-,20-,29-/m0/s1. The molecule has 0 aliphatic rings. The third-order valence-corrected chi connectivity index (χ3v) is 5.92. The van der Waals surface area contributed by atoms with E-state index in [1.165, 1.54) is 36.4 Å². The van der Waals surface area contributed by atoms with Crippen molar-refractivity contribution in [3.05, 3.63) is 77.4 Å². The van der Waals surface area contributed by atoms with Crippen LogP contribution in [0, 0.1) is 6.92 Å². The Bertz CT molecular complexity index is 870. The lowest BCUT2D eigenvalue weighted by molar-refractivity contribution is -0.204. The fourth-order valence-corrected chi connectivity index (χ4v) is 4.09. The highest BCUT2D eigenvalue weighted by atomic mass is 32.2. The molecular weight excluding hydrogens is 401 g/mol. The molecule has 7 heteroatoms. The van der Waals surface area contributed by atoms with Crippen LogP contribution in [0.5, 0.6) is 0 Å². The Labute approximate surface area is 171 Å². The minimum atomic E-state index is -4.87. The number of hydrogen-bond acceptors (Lipinski definition) is 3. The average molecular weight is 424 g/mol. The Balaban J connectivity index is 2.41. The summed E-state index contributed by atoms with van der Waals surface area (Å²) in [4.78, 5) is 12.6. The van der Waals surface area contributed by atoms with E-state index < -0.39 is 34.3 Å². The second-order valence-electron chi connectivity index (χ2n) is 6.90. The van der Waals surface area contributed by atoms with E-state index in [9.17, 15) is 22.2 Å². The molecule has 0 aliphatic heterocycles. The van der Waals surface area contributed by atoms with Crippen molar-refractivity contribution in [3.8, 4) is 0 Å². The van der Waals surface area contributed by atoms with Gasteiger partial charge in [0.2, 0.25) is 6.10 Å². The molecule has 29 heavy (non-hydrogen) atoms. The van der Waals surface area contributed by atoms with Crippen LogP contribution in [0.15, 0.2) is 71.1 Å². The van der Waals surface area contributed by atoms with Gasteiger partial charge in [0.05, 0.1) is 21.6 Å². The predicted molar refractivity (Wildman–Crippen MR) is 107 cm³/mol. The molecule has 0 aromatic heterocycles. The molecule has 2 aromatic carbocycles. The van der Waals surface area contributed by atoms with Gasteiger partial charge in [0, 0.05) is 4.90 Å². The summed E-state index contributed by atoms with van der Waals surface area (Å²) in [6, 6.07) is 13.9. The maximum Gasteiger partial charge on any atom is 0.426 e. The molecule has 2 aromatic rings. The average Bonchev–Trinajstić information content (AvgIpc) is 2.67. The molecule has 0 saturated carbocycles. The lowest BCUT2D eigenvalue weighted by Crippen LogP contribution is -2.45. The van der Waals surface area contributed by atoms with Gasteiger partial charge >= 0.3 is 12.1 Å². The van der Waals surface area contributed by atoms with E-state index in [1.54, 1.807) is 38.1 Å². The van der Waals surface area contributed by atoms with E-state index in [0.717, 1.165) is 11.1 Å². The molecule has 0 radical (unpaired) electrons. The van der Waals surface area contributed by atoms with Gasteiger partial charge in [-0.05, 0) is 51.5 Å². The van der Waals surface area contributed by atoms with Crippen molar-refractivity contribution in [2.75, 3.05) is 0 Å². The van der Waals surface area contributed by atoms with E-state index in [2.05, 4.69) is 0 Å². The van der Waals surface area contributed by atoms with Crippen LogP contribution in [0.4, 0.5) is 13.2 Å². The highest BCUT2D eigenvalue weighted by molar-refractivity contribution is 7.85. The largest absolute Gasteiger partial charge is 0.448 e. The third kappa shape index (κ3) is 6.56. The summed E-state index contributed by atoms with van der Waals surface area (Å²) in [5.41, 5.74) is 1.68. The number of hydrogen-bond donors (Lipinski definition) is 0. The number of benzene rings is 2. The van der Waals surface area contributed by atoms with Gasteiger partial charge in [0.25, 0.3) is 0 Å². The number of halogens is 3. The van der Waals surface area contributed by atoms with Crippen LogP contribution in [-0.4, -0.2) is 27.7 Å². The third-order valence-electron chi connectivity index (χ3n) is 4.19. The number of carbonyl (C=O) groups excluding carboxylic acids is 1. The van der Waals surface area contributed by atoms with Crippen LogP contribution < -0.4 is 0 Å². The predicted octanol–water partition coefficient (Wildman–Crippen LogP) is 5.62. The van der Waals surface area contributed by atoms with E-state index in [1.807, 2.05) is 6.92 Å². The van der Waals surface area contributed by atoms with Gasteiger partial charge in [-0.3, -0.25) is 4.21 Å². The molecule has 3 atom stereocenters.